The van der Waals surface area contributed by atoms with E-state index in [2.05, 4.69) is 32.0 Å². The van der Waals surface area contributed by atoms with E-state index in [-0.39, 0.29) is 6.04 Å². The first-order valence-corrected chi connectivity index (χ1v) is 5.25. The first-order valence-electron chi connectivity index (χ1n) is 5.25. The Labute approximate surface area is 98.7 Å². The van der Waals surface area contributed by atoms with Crippen LogP contribution >= 0.6 is 0 Å². The van der Waals surface area contributed by atoms with Crippen molar-refractivity contribution in [2.75, 3.05) is 0 Å². The molecule has 0 saturated carbocycles. The Morgan fingerprint density at radius 2 is 2.41 bits per heavy atom. The summed E-state index contributed by atoms with van der Waals surface area (Å²) in [4.78, 5) is 0. The van der Waals surface area contributed by atoms with E-state index in [9.17, 15) is 0 Å². The molecule has 6 heteroatoms. The lowest BCUT2D eigenvalue weighted by Gasteiger charge is -2.09. The molecule has 0 radical (unpaired) electrons. The molecule has 0 bridgehead atoms. The third-order valence-corrected chi connectivity index (χ3v) is 2.42. The molecule has 86 valence electrons. The number of tetrazole rings is 1. The van der Waals surface area contributed by atoms with Crippen LogP contribution in [0.3, 0.4) is 0 Å². The number of aromatic nitrogens is 4. The Hall–Kier alpha value is -2.26. The van der Waals surface area contributed by atoms with Crippen LogP contribution in [-0.2, 0) is 6.54 Å². The fourth-order valence-electron chi connectivity index (χ4n) is 1.47. The highest BCUT2D eigenvalue weighted by molar-refractivity contribution is 5.32. The van der Waals surface area contributed by atoms with E-state index in [0.29, 0.717) is 17.9 Å². The van der Waals surface area contributed by atoms with Crippen molar-refractivity contribution in [3.63, 3.8) is 0 Å². The zero-order valence-corrected chi connectivity index (χ0v) is 9.38. The van der Waals surface area contributed by atoms with E-state index in [1.807, 2.05) is 25.1 Å². The van der Waals surface area contributed by atoms with Gasteiger partial charge in [0.2, 0.25) is 0 Å². The van der Waals surface area contributed by atoms with Crippen LogP contribution in [0.15, 0.2) is 24.3 Å². The standard InChI is InChI=1S/C11H12N6/c1-8(11-14-16-17-15-11)13-7-10-4-2-3-9(5-10)6-12/h2-5,8,13H,7H2,1H3,(H,14,15,16,17). The maximum absolute atomic E-state index is 8.79. The molecule has 1 heterocycles. The van der Waals surface area contributed by atoms with Gasteiger partial charge < -0.3 is 5.32 Å². The molecule has 0 aliphatic carbocycles. The summed E-state index contributed by atoms with van der Waals surface area (Å²) in [7, 11) is 0. The maximum Gasteiger partial charge on any atom is 0.191 e. The first-order chi connectivity index (χ1) is 8.29. The van der Waals surface area contributed by atoms with E-state index in [1.54, 1.807) is 6.07 Å². The number of benzene rings is 1. The van der Waals surface area contributed by atoms with Gasteiger partial charge in [0.1, 0.15) is 0 Å². The Kier molecular flexibility index (Phi) is 3.43. The molecular formula is C11H12N6. The number of H-pyrrole nitrogens is 1. The Balaban J connectivity index is 1.96. The summed E-state index contributed by atoms with van der Waals surface area (Å²) in [5.41, 5.74) is 1.72. The molecule has 2 rings (SSSR count). The smallest absolute Gasteiger partial charge is 0.191 e. The molecular weight excluding hydrogens is 216 g/mol. The van der Waals surface area contributed by atoms with Crippen molar-refractivity contribution < 1.29 is 0 Å². The second kappa shape index (κ2) is 5.18. The highest BCUT2D eigenvalue weighted by Crippen LogP contribution is 2.08. The molecule has 2 N–H and O–H groups in total. The average molecular weight is 228 g/mol. The van der Waals surface area contributed by atoms with E-state index < -0.39 is 0 Å². The van der Waals surface area contributed by atoms with Crippen molar-refractivity contribution in [2.24, 2.45) is 0 Å². The average Bonchev–Trinajstić information content (AvgIpc) is 2.90. The molecule has 0 aliphatic rings. The fraction of sp³-hybridized carbons (Fsp3) is 0.273. The summed E-state index contributed by atoms with van der Waals surface area (Å²) in [6.07, 6.45) is 0. The molecule has 1 aromatic carbocycles. The number of nitrogens with zero attached hydrogens (tertiary/aromatic N) is 4. The van der Waals surface area contributed by atoms with E-state index in [1.165, 1.54) is 0 Å². The molecule has 0 spiro atoms. The molecule has 2 aromatic rings. The quantitative estimate of drug-likeness (QED) is 0.812. The normalized spacial score (nSPS) is 12.0. The van der Waals surface area contributed by atoms with Crippen LogP contribution in [0.5, 0.6) is 0 Å². The van der Waals surface area contributed by atoms with Crippen LogP contribution < -0.4 is 5.32 Å². The van der Waals surface area contributed by atoms with Gasteiger partial charge in [0.05, 0.1) is 17.7 Å². The van der Waals surface area contributed by atoms with Gasteiger partial charge in [-0.1, -0.05) is 17.3 Å². The number of hydrogen-bond donors (Lipinski definition) is 2. The van der Waals surface area contributed by atoms with Gasteiger partial charge in [0, 0.05) is 6.54 Å². The van der Waals surface area contributed by atoms with Crippen molar-refractivity contribution in [1.82, 2.24) is 25.9 Å². The SMILES string of the molecule is CC(NCc1cccc(C#N)c1)c1nn[nH]n1. The summed E-state index contributed by atoms with van der Waals surface area (Å²) in [5.74, 6) is 0.626. The van der Waals surface area contributed by atoms with Crippen molar-refractivity contribution >= 4 is 0 Å². The van der Waals surface area contributed by atoms with Crippen LogP contribution in [0.25, 0.3) is 0 Å². The number of hydrogen-bond acceptors (Lipinski definition) is 5. The molecule has 0 saturated heterocycles. The van der Waals surface area contributed by atoms with E-state index in [0.717, 1.165) is 5.56 Å². The molecule has 1 atom stereocenters. The highest BCUT2D eigenvalue weighted by Gasteiger charge is 2.08. The van der Waals surface area contributed by atoms with E-state index >= 15 is 0 Å². The fourth-order valence-corrected chi connectivity index (χ4v) is 1.47. The van der Waals surface area contributed by atoms with Crippen molar-refractivity contribution in [1.29, 1.82) is 5.26 Å². The Morgan fingerprint density at radius 3 is 3.12 bits per heavy atom. The predicted molar refractivity (Wildman–Crippen MR) is 60.6 cm³/mol. The summed E-state index contributed by atoms with van der Waals surface area (Å²) >= 11 is 0. The third kappa shape index (κ3) is 2.86. The number of nitriles is 1. The molecule has 0 aliphatic heterocycles. The minimum absolute atomic E-state index is 0.0134. The Morgan fingerprint density at radius 1 is 1.53 bits per heavy atom. The maximum atomic E-state index is 8.79. The van der Waals surface area contributed by atoms with Gasteiger partial charge in [-0.3, -0.25) is 0 Å². The van der Waals surface area contributed by atoms with Gasteiger partial charge in [0.15, 0.2) is 5.82 Å². The second-order valence-corrected chi connectivity index (χ2v) is 3.68. The van der Waals surface area contributed by atoms with Gasteiger partial charge in [0.25, 0.3) is 0 Å². The largest absolute Gasteiger partial charge is 0.303 e. The lowest BCUT2D eigenvalue weighted by molar-refractivity contribution is 0.546. The zero-order valence-electron chi connectivity index (χ0n) is 9.38. The molecule has 0 fully saturated rings. The summed E-state index contributed by atoms with van der Waals surface area (Å²) in [6.45, 7) is 2.62. The third-order valence-electron chi connectivity index (χ3n) is 2.42. The minimum atomic E-state index is 0.0134. The summed E-state index contributed by atoms with van der Waals surface area (Å²) in [6, 6.07) is 9.61. The van der Waals surface area contributed by atoms with Gasteiger partial charge >= 0.3 is 0 Å². The monoisotopic (exact) mass is 228 g/mol. The number of aromatic amines is 1. The van der Waals surface area contributed by atoms with Gasteiger partial charge in [-0.15, -0.1) is 10.2 Å². The van der Waals surface area contributed by atoms with Crippen molar-refractivity contribution in [3.05, 3.63) is 41.2 Å². The van der Waals surface area contributed by atoms with E-state index in [4.69, 9.17) is 5.26 Å². The molecule has 0 amide bonds. The molecule has 17 heavy (non-hydrogen) atoms. The highest BCUT2D eigenvalue weighted by atomic mass is 15.5. The lowest BCUT2D eigenvalue weighted by atomic mass is 10.1. The summed E-state index contributed by atoms with van der Waals surface area (Å²) < 4.78 is 0. The minimum Gasteiger partial charge on any atom is -0.303 e. The lowest BCUT2D eigenvalue weighted by Crippen LogP contribution is -2.19. The van der Waals surface area contributed by atoms with Gasteiger partial charge in [-0.25, -0.2) is 0 Å². The molecule has 6 nitrogen and oxygen atoms in total. The number of nitrogens with one attached hydrogen (secondary N) is 2. The van der Waals surface area contributed by atoms with Crippen LogP contribution in [0, 0.1) is 11.3 Å². The predicted octanol–water partition coefficient (Wildman–Crippen LogP) is 0.922. The number of rotatable bonds is 4. The van der Waals surface area contributed by atoms with Gasteiger partial charge in [-0.2, -0.15) is 10.5 Å². The van der Waals surface area contributed by atoms with Crippen LogP contribution in [0.2, 0.25) is 0 Å². The second-order valence-electron chi connectivity index (χ2n) is 3.68. The first kappa shape index (κ1) is 11.2. The van der Waals surface area contributed by atoms with Crippen LogP contribution in [0.4, 0.5) is 0 Å². The van der Waals surface area contributed by atoms with Crippen LogP contribution in [0.1, 0.15) is 29.9 Å². The van der Waals surface area contributed by atoms with Crippen molar-refractivity contribution in [2.45, 2.75) is 19.5 Å². The van der Waals surface area contributed by atoms with Gasteiger partial charge in [-0.05, 0) is 24.6 Å². The summed E-state index contributed by atoms with van der Waals surface area (Å²) in [5, 5.41) is 25.8. The zero-order chi connectivity index (χ0) is 12.1. The molecule has 1 unspecified atom stereocenters. The Bertz CT molecular complexity index is 513. The molecule has 1 aromatic heterocycles. The van der Waals surface area contributed by atoms with Crippen molar-refractivity contribution in [3.8, 4) is 6.07 Å². The topological polar surface area (TPSA) is 90.3 Å². The van der Waals surface area contributed by atoms with Crippen LogP contribution in [-0.4, -0.2) is 20.6 Å².